The highest BCUT2D eigenvalue weighted by Gasteiger charge is 2.15. The Morgan fingerprint density at radius 3 is 2.84 bits per heavy atom. The summed E-state index contributed by atoms with van der Waals surface area (Å²) in [5, 5.41) is 7.16. The predicted molar refractivity (Wildman–Crippen MR) is 99.1 cm³/mol. The molecule has 0 aliphatic carbocycles. The number of benzene rings is 1. The van der Waals surface area contributed by atoms with E-state index in [2.05, 4.69) is 32.5 Å². The van der Waals surface area contributed by atoms with Crippen molar-refractivity contribution in [3.63, 3.8) is 0 Å². The van der Waals surface area contributed by atoms with Gasteiger partial charge < -0.3 is 10.6 Å². The lowest BCUT2D eigenvalue weighted by atomic mass is 9.96. The van der Waals surface area contributed by atoms with Gasteiger partial charge in [-0.2, -0.15) is 0 Å². The van der Waals surface area contributed by atoms with Crippen molar-refractivity contribution in [2.45, 2.75) is 12.8 Å². The van der Waals surface area contributed by atoms with Crippen LogP contribution in [0.4, 0.5) is 5.82 Å². The highest BCUT2D eigenvalue weighted by Crippen LogP contribution is 2.26. The molecule has 0 aliphatic rings. The molecule has 128 valence electrons. The number of fused-ring (bicyclic) bond motifs is 1. The van der Waals surface area contributed by atoms with Crippen molar-refractivity contribution in [1.82, 2.24) is 20.3 Å². The average Bonchev–Trinajstić information content (AvgIpc) is 2.64. The Kier molecular flexibility index (Phi) is 5.09. The van der Waals surface area contributed by atoms with Crippen LogP contribution in [0.25, 0.3) is 10.9 Å². The first kappa shape index (κ1) is 17.1. The Labute approximate surface area is 150 Å². The summed E-state index contributed by atoms with van der Waals surface area (Å²) < 4.78 is 0. The van der Waals surface area contributed by atoms with Crippen LogP contribution in [0.3, 0.4) is 0 Å². The topological polar surface area (TPSA) is 79.8 Å². The number of carbonyl (C=O) groups is 1. The maximum absolute atomic E-state index is 12.1. The lowest BCUT2D eigenvalue weighted by molar-refractivity contribution is 0.0964. The van der Waals surface area contributed by atoms with Crippen molar-refractivity contribution in [2.75, 3.05) is 18.9 Å². The van der Waals surface area contributed by atoms with Crippen LogP contribution in [0, 0.1) is 0 Å². The Morgan fingerprint density at radius 2 is 2.08 bits per heavy atom. The number of hydrogen-bond donors (Lipinski definition) is 2. The van der Waals surface area contributed by atoms with E-state index in [-0.39, 0.29) is 11.8 Å². The molecule has 2 N–H and O–H groups in total. The van der Waals surface area contributed by atoms with Crippen LogP contribution < -0.4 is 10.6 Å². The second kappa shape index (κ2) is 7.44. The third kappa shape index (κ3) is 3.69. The zero-order chi connectivity index (χ0) is 17.8. The van der Waals surface area contributed by atoms with Crippen molar-refractivity contribution in [1.29, 1.82) is 0 Å². The molecule has 0 bridgehead atoms. The predicted octanol–water partition coefficient (Wildman–Crippen LogP) is 3.25. The quantitative estimate of drug-likeness (QED) is 0.687. The third-order valence-corrected chi connectivity index (χ3v) is 4.23. The van der Waals surface area contributed by atoms with Crippen molar-refractivity contribution in [3.8, 4) is 0 Å². The van der Waals surface area contributed by atoms with E-state index in [0.29, 0.717) is 23.1 Å². The molecule has 2 aromatic heterocycles. The van der Waals surface area contributed by atoms with Crippen LogP contribution in [-0.4, -0.2) is 34.5 Å². The van der Waals surface area contributed by atoms with Crippen LogP contribution >= 0.6 is 11.6 Å². The summed E-state index contributed by atoms with van der Waals surface area (Å²) in [4.78, 5) is 24.6. The summed E-state index contributed by atoms with van der Waals surface area (Å²) in [7, 11) is 1.62. The number of rotatable bonds is 5. The Hall–Kier alpha value is -2.73. The molecule has 3 rings (SSSR count). The molecule has 3 aromatic rings. The molecule has 2 heterocycles. The van der Waals surface area contributed by atoms with E-state index in [1.54, 1.807) is 25.4 Å². The fraction of sp³-hybridized carbons (Fsp3) is 0.222. The highest BCUT2D eigenvalue weighted by molar-refractivity contribution is 6.29. The molecular formula is C18H18ClN5O. The molecule has 0 fully saturated rings. The van der Waals surface area contributed by atoms with Gasteiger partial charge in [0.2, 0.25) is 0 Å². The van der Waals surface area contributed by atoms with Gasteiger partial charge in [-0.1, -0.05) is 36.7 Å². The number of pyridine rings is 1. The van der Waals surface area contributed by atoms with Gasteiger partial charge in [-0.3, -0.25) is 9.78 Å². The van der Waals surface area contributed by atoms with Gasteiger partial charge in [0.1, 0.15) is 17.3 Å². The number of nitrogens with zero attached hydrogens (tertiary/aromatic N) is 3. The molecule has 0 saturated carbocycles. The summed E-state index contributed by atoms with van der Waals surface area (Å²) in [5.74, 6) is 0.710. The fourth-order valence-electron chi connectivity index (χ4n) is 2.73. The van der Waals surface area contributed by atoms with Crippen LogP contribution in [0.2, 0.25) is 5.15 Å². The summed E-state index contributed by atoms with van der Waals surface area (Å²) in [6, 6.07) is 9.31. The first-order valence-corrected chi connectivity index (χ1v) is 8.29. The second-order valence-corrected chi connectivity index (χ2v) is 6.08. The smallest absolute Gasteiger partial charge is 0.251 e. The standard InChI is InChI=1S/C18H18ClN5O/c1-11(9-22-16-8-15(19)23-10-24-16)12-4-3-5-13-14(18(25)20-2)6-7-21-17(12)13/h3-8,10-11H,9H2,1-2H3,(H,20,25)(H,22,23,24). The molecule has 0 saturated heterocycles. The summed E-state index contributed by atoms with van der Waals surface area (Å²) in [6.07, 6.45) is 3.09. The number of carbonyl (C=O) groups excluding carboxylic acids is 1. The van der Waals surface area contributed by atoms with E-state index in [1.807, 2.05) is 18.2 Å². The Bertz CT molecular complexity index is 915. The van der Waals surface area contributed by atoms with Gasteiger partial charge in [-0.05, 0) is 11.6 Å². The van der Waals surface area contributed by atoms with Gasteiger partial charge in [-0.15, -0.1) is 0 Å². The Morgan fingerprint density at radius 1 is 1.24 bits per heavy atom. The van der Waals surface area contributed by atoms with E-state index in [1.165, 1.54) is 6.33 Å². The number of amides is 1. The lowest BCUT2D eigenvalue weighted by Gasteiger charge is -2.16. The molecule has 0 spiro atoms. The molecule has 1 aromatic carbocycles. The number of aromatic nitrogens is 3. The zero-order valence-corrected chi connectivity index (χ0v) is 14.7. The minimum Gasteiger partial charge on any atom is -0.369 e. The molecule has 1 atom stereocenters. The summed E-state index contributed by atoms with van der Waals surface area (Å²) in [5.41, 5.74) is 2.52. The van der Waals surface area contributed by atoms with Crippen molar-refractivity contribution in [3.05, 3.63) is 59.1 Å². The zero-order valence-electron chi connectivity index (χ0n) is 14.0. The highest BCUT2D eigenvalue weighted by atomic mass is 35.5. The maximum Gasteiger partial charge on any atom is 0.251 e. The summed E-state index contributed by atoms with van der Waals surface area (Å²) in [6.45, 7) is 2.75. The first-order chi connectivity index (χ1) is 12.1. The number of hydrogen-bond acceptors (Lipinski definition) is 5. The van der Waals surface area contributed by atoms with Crippen LogP contribution in [0.1, 0.15) is 28.8 Å². The minimum absolute atomic E-state index is 0.119. The van der Waals surface area contributed by atoms with E-state index in [9.17, 15) is 4.79 Å². The van der Waals surface area contributed by atoms with E-state index in [0.717, 1.165) is 16.5 Å². The number of para-hydroxylation sites is 1. The SMILES string of the molecule is CNC(=O)c1ccnc2c(C(C)CNc3cc(Cl)ncn3)cccc12. The average molecular weight is 356 g/mol. The van der Waals surface area contributed by atoms with Gasteiger partial charge >= 0.3 is 0 Å². The van der Waals surface area contributed by atoms with E-state index >= 15 is 0 Å². The monoisotopic (exact) mass is 355 g/mol. The van der Waals surface area contributed by atoms with Crippen molar-refractivity contribution in [2.24, 2.45) is 0 Å². The van der Waals surface area contributed by atoms with Crippen molar-refractivity contribution >= 4 is 34.2 Å². The number of nitrogens with one attached hydrogen (secondary N) is 2. The normalized spacial score (nSPS) is 12.0. The number of halogens is 1. The third-order valence-electron chi connectivity index (χ3n) is 4.03. The van der Waals surface area contributed by atoms with E-state index in [4.69, 9.17) is 11.6 Å². The van der Waals surface area contributed by atoms with Crippen molar-refractivity contribution < 1.29 is 4.79 Å². The molecular weight excluding hydrogens is 338 g/mol. The maximum atomic E-state index is 12.1. The van der Waals surface area contributed by atoms with Gasteiger partial charge in [0, 0.05) is 37.2 Å². The molecule has 1 unspecified atom stereocenters. The van der Waals surface area contributed by atoms with Gasteiger partial charge in [0.15, 0.2) is 0 Å². The lowest BCUT2D eigenvalue weighted by Crippen LogP contribution is -2.18. The molecule has 6 nitrogen and oxygen atoms in total. The van der Waals surface area contributed by atoms with E-state index < -0.39 is 0 Å². The van der Waals surface area contributed by atoms with Crippen LogP contribution in [0.5, 0.6) is 0 Å². The molecule has 0 radical (unpaired) electrons. The minimum atomic E-state index is -0.119. The molecule has 0 aliphatic heterocycles. The van der Waals surface area contributed by atoms with Crippen LogP contribution in [-0.2, 0) is 0 Å². The largest absolute Gasteiger partial charge is 0.369 e. The van der Waals surface area contributed by atoms with Crippen LogP contribution in [0.15, 0.2) is 42.9 Å². The second-order valence-electron chi connectivity index (χ2n) is 5.69. The first-order valence-electron chi connectivity index (χ1n) is 7.91. The molecule has 7 heteroatoms. The fourth-order valence-corrected chi connectivity index (χ4v) is 2.87. The summed E-state index contributed by atoms with van der Waals surface area (Å²) >= 11 is 5.88. The number of anilines is 1. The Balaban J connectivity index is 1.89. The molecule has 1 amide bonds. The molecule has 25 heavy (non-hydrogen) atoms. The van der Waals surface area contributed by atoms with Gasteiger partial charge in [0.05, 0.1) is 11.1 Å². The van der Waals surface area contributed by atoms with Gasteiger partial charge in [-0.25, -0.2) is 9.97 Å². The van der Waals surface area contributed by atoms with Gasteiger partial charge in [0.25, 0.3) is 5.91 Å².